The van der Waals surface area contributed by atoms with Crippen LogP contribution in [0.4, 0.5) is 4.79 Å². The molecule has 0 spiro atoms. The number of ether oxygens (including phenoxy) is 2. The normalized spacial score (nSPS) is 16.7. The first-order valence-electron chi connectivity index (χ1n) is 8.23. The van der Waals surface area contributed by atoms with Crippen molar-refractivity contribution < 1.29 is 23.9 Å². The molecule has 1 heterocycles. The summed E-state index contributed by atoms with van der Waals surface area (Å²) in [6, 6.07) is 7.17. The molecule has 6 nitrogen and oxygen atoms in total. The summed E-state index contributed by atoms with van der Waals surface area (Å²) < 4.78 is 10.7. The molecule has 0 aliphatic carbocycles. The molecule has 138 valence electrons. The third kappa shape index (κ3) is 4.98. The van der Waals surface area contributed by atoms with E-state index in [2.05, 4.69) is 6.58 Å². The van der Waals surface area contributed by atoms with E-state index < -0.39 is 17.1 Å². The van der Waals surface area contributed by atoms with Crippen LogP contribution in [-0.2, 0) is 14.3 Å². The number of hydrogen-bond donors (Lipinski definition) is 0. The molecule has 1 fully saturated rings. The van der Waals surface area contributed by atoms with Crippen LogP contribution in [0.5, 0.6) is 5.75 Å². The van der Waals surface area contributed by atoms with Gasteiger partial charge in [0.05, 0.1) is 11.0 Å². The first-order valence-corrected chi connectivity index (χ1v) is 9.05. The van der Waals surface area contributed by atoms with Crippen molar-refractivity contribution in [2.45, 2.75) is 26.4 Å². The fraction of sp³-hybridized carbons (Fsp3) is 0.316. The zero-order valence-electron chi connectivity index (χ0n) is 14.8. The minimum Gasteiger partial charge on any atom is -0.489 e. The second-order valence-corrected chi connectivity index (χ2v) is 6.61. The number of para-hydroxylation sites is 1. The number of thioether (sulfide) groups is 1. The van der Waals surface area contributed by atoms with Gasteiger partial charge in [0.1, 0.15) is 18.9 Å². The maximum atomic E-state index is 12.5. The van der Waals surface area contributed by atoms with Crippen molar-refractivity contribution in [1.29, 1.82) is 0 Å². The van der Waals surface area contributed by atoms with E-state index in [1.807, 2.05) is 13.0 Å². The molecular weight excluding hydrogens is 354 g/mol. The Bertz CT molecular complexity index is 743. The number of nitrogens with zero attached hydrogens (tertiary/aromatic N) is 1. The van der Waals surface area contributed by atoms with Crippen molar-refractivity contribution in [3.05, 3.63) is 47.4 Å². The van der Waals surface area contributed by atoms with E-state index in [0.717, 1.165) is 16.7 Å². The van der Waals surface area contributed by atoms with Crippen LogP contribution in [0.15, 0.2) is 41.8 Å². The minimum atomic E-state index is -0.599. The number of amides is 2. The van der Waals surface area contributed by atoms with Gasteiger partial charge < -0.3 is 9.47 Å². The lowest BCUT2D eigenvalue weighted by atomic mass is 10.2. The van der Waals surface area contributed by atoms with Gasteiger partial charge in [0.25, 0.3) is 11.1 Å². The molecule has 1 aliphatic rings. The zero-order valence-corrected chi connectivity index (χ0v) is 15.6. The SMILES string of the molecule is C=CCOc1ccccc1/C=C1\SC(=O)N(CC(=O)O[C@H](C)CC)C1=O. The van der Waals surface area contributed by atoms with Crippen molar-refractivity contribution in [2.24, 2.45) is 0 Å². The van der Waals surface area contributed by atoms with E-state index in [1.54, 1.807) is 37.3 Å². The summed E-state index contributed by atoms with van der Waals surface area (Å²) in [7, 11) is 0. The second-order valence-electron chi connectivity index (χ2n) is 5.61. The summed E-state index contributed by atoms with van der Waals surface area (Å²) in [6.07, 6.45) is 3.61. The number of esters is 1. The van der Waals surface area contributed by atoms with Crippen molar-refractivity contribution in [1.82, 2.24) is 4.90 Å². The van der Waals surface area contributed by atoms with Gasteiger partial charge in [0, 0.05) is 5.56 Å². The number of benzene rings is 1. The number of carbonyl (C=O) groups is 3. The maximum Gasteiger partial charge on any atom is 0.326 e. The highest BCUT2D eigenvalue weighted by molar-refractivity contribution is 8.18. The third-order valence-corrected chi connectivity index (χ3v) is 4.54. The Labute approximate surface area is 156 Å². The van der Waals surface area contributed by atoms with Gasteiger partial charge >= 0.3 is 5.97 Å². The highest BCUT2D eigenvalue weighted by Gasteiger charge is 2.37. The molecule has 0 bridgehead atoms. The van der Waals surface area contributed by atoms with Crippen LogP contribution in [0, 0.1) is 0 Å². The molecule has 0 N–H and O–H groups in total. The van der Waals surface area contributed by atoms with Crippen LogP contribution >= 0.6 is 11.8 Å². The fourth-order valence-corrected chi connectivity index (χ4v) is 2.96. The summed E-state index contributed by atoms with van der Waals surface area (Å²) in [5, 5.41) is -0.494. The summed E-state index contributed by atoms with van der Waals surface area (Å²) in [5.41, 5.74) is 0.669. The highest BCUT2D eigenvalue weighted by atomic mass is 32.2. The summed E-state index contributed by atoms with van der Waals surface area (Å²) in [6.45, 7) is 7.18. The molecule has 0 saturated carbocycles. The van der Waals surface area contributed by atoms with Gasteiger partial charge in [-0.05, 0) is 37.2 Å². The van der Waals surface area contributed by atoms with Crippen LogP contribution in [0.2, 0.25) is 0 Å². The molecule has 7 heteroatoms. The van der Waals surface area contributed by atoms with Crippen LogP contribution in [-0.4, -0.2) is 41.3 Å². The van der Waals surface area contributed by atoms with Crippen molar-refractivity contribution >= 4 is 35.0 Å². The highest BCUT2D eigenvalue weighted by Crippen LogP contribution is 2.33. The fourth-order valence-electron chi connectivity index (χ4n) is 2.13. The largest absolute Gasteiger partial charge is 0.489 e. The topological polar surface area (TPSA) is 72.9 Å². The molecular formula is C19H21NO5S. The Morgan fingerprint density at radius 2 is 2.08 bits per heavy atom. The molecule has 2 amide bonds. The van der Waals surface area contributed by atoms with Crippen LogP contribution in [0.25, 0.3) is 6.08 Å². The van der Waals surface area contributed by atoms with Gasteiger partial charge in [-0.2, -0.15) is 0 Å². The van der Waals surface area contributed by atoms with Gasteiger partial charge in [-0.15, -0.1) is 0 Å². The predicted octanol–water partition coefficient (Wildman–Crippen LogP) is 3.63. The van der Waals surface area contributed by atoms with Gasteiger partial charge in [-0.1, -0.05) is 37.8 Å². The number of rotatable bonds is 8. The van der Waals surface area contributed by atoms with Crippen molar-refractivity contribution in [3.8, 4) is 5.75 Å². The quantitative estimate of drug-likeness (QED) is 0.392. The van der Waals surface area contributed by atoms with E-state index >= 15 is 0 Å². The molecule has 0 radical (unpaired) electrons. The monoisotopic (exact) mass is 375 g/mol. The van der Waals surface area contributed by atoms with E-state index in [-0.39, 0.29) is 17.6 Å². The van der Waals surface area contributed by atoms with Gasteiger partial charge in [0.15, 0.2) is 0 Å². The van der Waals surface area contributed by atoms with E-state index in [1.165, 1.54) is 0 Å². The average molecular weight is 375 g/mol. The smallest absolute Gasteiger partial charge is 0.326 e. The Hall–Kier alpha value is -2.54. The lowest BCUT2D eigenvalue weighted by Gasteiger charge is -2.14. The van der Waals surface area contributed by atoms with Crippen LogP contribution < -0.4 is 4.74 Å². The Balaban J connectivity index is 2.14. The molecule has 1 aromatic rings. The zero-order chi connectivity index (χ0) is 19.1. The first-order chi connectivity index (χ1) is 12.5. The van der Waals surface area contributed by atoms with Crippen LogP contribution in [0.1, 0.15) is 25.8 Å². The van der Waals surface area contributed by atoms with E-state index in [9.17, 15) is 14.4 Å². The molecule has 0 unspecified atom stereocenters. The Morgan fingerprint density at radius 3 is 2.77 bits per heavy atom. The molecule has 1 aromatic carbocycles. The summed E-state index contributed by atoms with van der Waals surface area (Å²) >= 11 is 0.791. The standard InChI is InChI=1S/C19H21NO5S/c1-4-10-24-15-9-7-6-8-14(15)11-16-18(22)20(19(23)26-16)12-17(21)25-13(3)5-2/h4,6-9,11,13H,1,5,10,12H2,2-3H3/b16-11-/t13-/m1/s1. The lowest BCUT2D eigenvalue weighted by Crippen LogP contribution is -2.35. The average Bonchev–Trinajstić information content (AvgIpc) is 2.88. The second kappa shape index (κ2) is 9.24. The minimum absolute atomic E-state index is 0.237. The predicted molar refractivity (Wildman–Crippen MR) is 101 cm³/mol. The Morgan fingerprint density at radius 1 is 1.35 bits per heavy atom. The van der Waals surface area contributed by atoms with Gasteiger partial charge in [0.2, 0.25) is 0 Å². The maximum absolute atomic E-state index is 12.5. The number of hydrogen-bond acceptors (Lipinski definition) is 6. The van der Waals surface area contributed by atoms with E-state index in [0.29, 0.717) is 24.3 Å². The molecule has 1 saturated heterocycles. The number of carbonyl (C=O) groups excluding carboxylic acids is 3. The summed E-state index contributed by atoms with van der Waals surface area (Å²) in [5.74, 6) is -0.535. The molecule has 26 heavy (non-hydrogen) atoms. The lowest BCUT2D eigenvalue weighted by molar-refractivity contribution is -0.150. The Kier molecular flexibility index (Phi) is 7.03. The summed E-state index contributed by atoms with van der Waals surface area (Å²) in [4.78, 5) is 37.6. The van der Waals surface area contributed by atoms with Gasteiger partial charge in [-0.3, -0.25) is 19.3 Å². The first kappa shape index (κ1) is 19.8. The molecule has 1 aliphatic heterocycles. The molecule has 1 atom stereocenters. The third-order valence-electron chi connectivity index (χ3n) is 3.63. The van der Waals surface area contributed by atoms with Gasteiger partial charge in [-0.25, -0.2) is 0 Å². The van der Waals surface area contributed by atoms with Crippen molar-refractivity contribution in [2.75, 3.05) is 13.2 Å². The van der Waals surface area contributed by atoms with E-state index in [4.69, 9.17) is 9.47 Å². The molecule has 2 rings (SSSR count). The van der Waals surface area contributed by atoms with Crippen LogP contribution in [0.3, 0.4) is 0 Å². The van der Waals surface area contributed by atoms with Crippen molar-refractivity contribution in [3.63, 3.8) is 0 Å². The molecule has 0 aromatic heterocycles. The number of imide groups is 1.